The molecule has 0 aromatic carbocycles. The second-order valence-corrected chi connectivity index (χ2v) is 3.14. The SMILES string of the molecule is CC(C)(C)OC(=O)[CH]C(N)F. The molecule has 4 heteroatoms. The van der Waals surface area contributed by atoms with Gasteiger partial charge in [0.2, 0.25) is 0 Å². The minimum absolute atomic E-state index is 0.595. The third-order valence-corrected chi connectivity index (χ3v) is 0.702. The second-order valence-electron chi connectivity index (χ2n) is 3.14. The molecule has 0 aromatic heterocycles. The van der Waals surface area contributed by atoms with Gasteiger partial charge in [0.1, 0.15) is 12.0 Å². The highest BCUT2D eigenvalue weighted by molar-refractivity contribution is 5.79. The Morgan fingerprint density at radius 1 is 1.64 bits per heavy atom. The zero-order valence-corrected chi connectivity index (χ0v) is 6.93. The Morgan fingerprint density at radius 3 is 2.36 bits per heavy atom. The molecule has 2 N–H and O–H groups in total. The Morgan fingerprint density at radius 2 is 2.09 bits per heavy atom. The van der Waals surface area contributed by atoms with Crippen LogP contribution in [0.5, 0.6) is 0 Å². The van der Waals surface area contributed by atoms with Gasteiger partial charge in [-0.05, 0) is 20.8 Å². The van der Waals surface area contributed by atoms with Crippen molar-refractivity contribution in [2.45, 2.75) is 32.7 Å². The Hall–Kier alpha value is -0.640. The van der Waals surface area contributed by atoms with Crippen LogP contribution in [-0.2, 0) is 9.53 Å². The number of nitrogens with two attached hydrogens (primary N) is 1. The van der Waals surface area contributed by atoms with E-state index >= 15 is 0 Å². The number of carbonyl (C=O) groups is 1. The lowest BCUT2D eigenvalue weighted by Crippen LogP contribution is -2.28. The predicted molar refractivity (Wildman–Crippen MR) is 39.2 cm³/mol. The minimum atomic E-state index is -1.75. The lowest BCUT2D eigenvalue weighted by molar-refractivity contribution is -0.151. The summed E-state index contributed by atoms with van der Waals surface area (Å²) >= 11 is 0. The highest BCUT2D eigenvalue weighted by atomic mass is 19.1. The van der Waals surface area contributed by atoms with Gasteiger partial charge in [0.05, 0.1) is 0 Å². The van der Waals surface area contributed by atoms with Crippen molar-refractivity contribution in [2.24, 2.45) is 5.73 Å². The molecular weight excluding hydrogens is 149 g/mol. The van der Waals surface area contributed by atoms with Gasteiger partial charge < -0.3 is 10.5 Å². The van der Waals surface area contributed by atoms with Gasteiger partial charge in [-0.1, -0.05) is 0 Å². The molecule has 0 fully saturated rings. The highest BCUT2D eigenvalue weighted by Gasteiger charge is 2.18. The third kappa shape index (κ3) is 7.25. The molecule has 3 nitrogen and oxygen atoms in total. The van der Waals surface area contributed by atoms with E-state index in [9.17, 15) is 9.18 Å². The van der Waals surface area contributed by atoms with E-state index in [1.807, 2.05) is 0 Å². The molecule has 0 heterocycles. The normalized spacial score (nSPS) is 14.3. The van der Waals surface area contributed by atoms with Crippen molar-refractivity contribution in [3.05, 3.63) is 6.42 Å². The molecule has 0 saturated carbocycles. The monoisotopic (exact) mass is 162 g/mol. The molecule has 1 unspecified atom stereocenters. The summed E-state index contributed by atoms with van der Waals surface area (Å²) in [7, 11) is 0. The first-order valence-corrected chi connectivity index (χ1v) is 3.29. The molecule has 0 rings (SSSR count). The van der Waals surface area contributed by atoms with Crippen LogP contribution in [-0.4, -0.2) is 17.9 Å². The molecule has 1 radical (unpaired) electrons. The fourth-order valence-corrected chi connectivity index (χ4v) is 0.466. The summed E-state index contributed by atoms with van der Waals surface area (Å²) < 4.78 is 16.7. The van der Waals surface area contributed by atoms with Crippen molar-refractivity contribution >= 4 is 5.97 Å². The van der Waals surface area contributed by atoms with Crippen LogP contribution in [0.2, 0.25) is 0 Å². The standard InChI is InChI=1S/C7H13FNO2/c1-7(2,3)11-6(10)4-5(8)9/h4-5H,9H2,1-3H3. The number of alkyl halides is 1. The Bertz CT molecular complexity index is 140. The fraction of sp³-hybridized carbons (Fsp3) is 0.714. The van der Waals surface area contributed by atoms with E-state index < -0.39 is 17.9 Å². The maximum absolute atomic E-state index is 11.9. The maximum Gasteiger partial charge on any atom is 0.314 e. The van der Waals surface area contributed by atoms with Crippen LogP contribution in [0.15, 0.2) is 0 Å². The Balaban J connectivity index is 3.71. The summed E-state index contributed by atoms with van der Waals surface area (Å²) in [6.07, 6.45) is -1.06. The first kappa shape index (κ1) is 10.4. The number of carbonyl (C=O) groups excluding carboxylic acids is 1. The summed E-state index contributed by atoms with van der Waals surface area (Å²) in [5.41, 5.74) is 4.09. The van der Waals surface area contributed by atoms with Crippen LogP contribution >= 0.6 is 0 Å². The van der Waals surface area contributed by atoms with Crippen molar-refractivity contribution in [2.75, 3.05) is 0 Å². The van der Waals surface area contributed by atoms with Crippen LogP contribution in [0.4, 0.5) is 4.39 Å². The van der Waals surface area contributed by atoms with E-state index in [2.05, 4.69) is 5.73 Å². The molecule has 65 valence electrons. The van der Waals surface area contributed by atoms with Gasteiger partial charge in [0.15, 0.2) is 6.30 Å². The van der Waals surface area contributed by atoms with Gasteiger partial charge in [-0.15, -0.1) is 0 Å². The van der Waals surface area contributed by atoms with E-state index in [-0.39, 0.29) is 0 Å². The fourth-order valence-electron chi connectivity index (χ4n) is 0.466. The number of esters is 1. The average molecular weight is 162 g/mol. The zero-order chi connectivity index (χ0) is 9.07. The lowest BCUT2D eigenvalue weighted by Gasteiger charge is -2.19. The molecule has 1 atom stereocenters. The van der Waals surface area contributed by atoms with E-state index in [1.54, 1.807) is 20.8 Å². The molecule has 0 aliphatic heterocycles. The van der Waals surface area contributed by atoms with E-state index in [4.69, 9.17) is 4.74 Å². The van der Waals surface area contributed by atoms with Crippen molar-refractivity contribution < 1.29 is 13.9 Å². The van der Waals surface area contributed by atoms with Crippen molar-refractivity contribution in [1.82, 2.24) is 0 Å². The van der Waals surface area contributed by atoms with E-state index in [1.165, 1.54) is 0 Å². The molecule has 0 aliphatic rings. The summed E-state index contributed by atoms with van der Waals surface area (Å²) in [6.45, 7) is 5.09. The van der Waals surface area contributed by atoms with Gasteiger partial charge in [-0.2, -0.15) is 0 Å². The Kier molecular flexibility index (Phi) is 3.45. The minimum Gasteiger partial charge on any atom is -0.460 e. The molecule has 0 saturated heterocycles. The lowest BCUT2D eigenvalue weighted by atomic mass is 10.2. The van der Waals surface area contributed by atoms with Gasteiger partial charge in [-0.25, -0.2) is 4.39 Å². The van der Waals surface area contributed by atoms with Gasteiger partial charge in [0.25, 0.3) is 0 Å². The predicted octanol–water partition coefficient (Wildman–Crippen LogP) is 0.787. The van der Waals surface area contributed by atoms with Gasteiger partial charge in [-0.3, -0.25) is 4.79 Å². The second kappa shape index (κ2) is 3.67. The highest BCUT2D eigenvalue weighted by Crippen LogP contribution is 2.08. The largest absolute Gasteiger partial charge is 0.460 e. The first-order valence-electron chi connectivity index (χ1n) is 3.29. The van der Waals surface area contributed by atoms with Crippen molar-refractivity contribution in [1.29, 1.82) is 0 Å². The molecule has 0 bridgehead atoms. The molecule has 0 aromatic rings. The van der Waals surface area contributed by atoms with E-state index in [0.29, 0.717) is 6.42 Å². The van der Waals surface area contributed by atoms with E-state index in [0.717, 1.165) is 0 Å². The smallest absolute Gasteiger partial charge is 0.314 e. The van der Waals surface area contributed by atoms with Crippen LogP contribution in [0.1, 0.15) is 20.8 Å². The summed E-state index contributed by atoms with van der Waals surface area (Å²) in [5.74, 6) is -0.729. The summed E-state index contributed by atoms with van der Waals surface area (Å²) in [4.78, 5) is 10.7. The zero-order valence-electron chi connectivity index (χ0n) is 6.93. The third-order valence-electron chi connectivity index (χ3n) is 0.702. The summed E-state index contributed by atoms with van der Waals surface area (Å²) in [5, 5.41) is 0. The van der Waals surface area contributed by atoms with Crippen LogP contribution in [0.25, 0.3) is 0 Å². The first-order chi connectivity index (χ1) is 4.81. The topological polar surface area (TPSA) is 52.3 Å². The Labute approximate surface area is 65.7 Å². The van der Waals surface area contributed by atoms with Gasteiger partial charge in [0, 0.05) is 0 Å². The quantitative estimate of drug-likeness (QED) is 0.482. The molecule has 0 aliphatic carbocycles. The maximum atomic E-state index is 11.9. The number of ether oxygens (including phenoxy) is 1. The van der Waals surface area contributed by atoms with Crippen molar-refractivity contribution in [3.8, 4) is 0 Å². The molecule has 0 spiro atoms. The van der Waals surface area contributed by atoms with Crippen LogP contribution in [0, 0.1) is 6.42 Å². The van der Waals surface area contributed by atoms with Crippen molar-refractivity contribution in [3.63, 3.8) is 0 Å². The molecule has 11 heavy (non-hydrogen) atoms. The average Bonchev–Trinajstić information content (AvgIpc) is 1.53. The number of hydrogen-bond donors (Lipinski definition) is 1. The van der Waals surface area contributed by atoms with Crippen LogP contribution < -0.4 is 5.73 Å². The number of halogens is 1. The number of hydrogen-bond acceptors (Lipinski definition) is 3. The van der Waals surface area contributed by atoms with Gasteiger partial charge >= 0.3 is 5.97 Å². The molecular formula is C7H13FNO2. The number of rotatable bonds is 2. The summed E-state index contributed by atoms with van der Waals surface area (Å²) in [6, 6.07) is 0. The molecule has 0 amide bonds. The van der Waals surface area contributed by atoms with Crippen LogP contribution in [0.3, 0.4) is 0 Å².